The predicted molar refractivity (Wildman–Crippen MR) is 44.7 cm³/mol. The molecule has 0 aliphatic heterocycles. The second-order valence-corrected chi connectivity index (χ2v) is 2.45. The summed E-state index contributed by atoms with van der Waals surface area (Å²) >= 11 is 0. The summed E-state index contributed by atoms with van der Waals surface area (Å²) in [4.78, 5) is 0. The first-order chi connectivity index (χ1) is 5.13. The Labute approximate surface area is 65.9 Å². The first-order valence-corrected chi connectivity index (χ1v) is 3.32. The van der Waals surface area contributed by atoms with Gasteiger partial charge in [-0.15, -0.1) is 5.10 Å². The molecule has 0 fully saturated rings. The molecule has 0 unspecified atom stereocenters. The Kier molecular flexibility index (Phi) is 4.02. The Morgan fingerprint density at radius 2 is 2.00 bits per heavy atom. The average Bonchev–Trinajstić information content (AvgIpc) is 1.98. The highest BCUT2D eigenvalue weighted by molar-refractivity contribution is 6.41. The van der Waals surface area contributed by atoms with Gasteiger partial charge in [-0.3, -0.25) is 0 Å². The molecule has 0 radical (unpaired) electrons. The van der Waals surface area contributed by atoms with E-state index < -0.39 is 0 Å². The minimum absolute atomic E-state index is 0.191. The first kappa shape index (κ1) is 9.74. The molecule has 62 valence electrons. The molecule has 0 atom stereocenters. The molecule has 0 aliphatic rings. The highest BCUT2D eigenvalue weighted by Crippen LogP contribution is 1.99. The zero-order valence-corrected chi connectivity index (χ0v) is 7.00. The van der Waals surface area contributed by atoms with Crippen LogP contribution >= 0.6 is 0 Å². The molecule has 3 N–H and O–H groups in total. The van der Waals surface area contributed by atoms with Crippen molar-refractivity contribution in [1.82, 2.24) is 0 Å². The molecule has 0 bridgehead atoms. The molecular weight excluding hydrogens is 142 g/mol. The predicted octanol–water partition coefficient (Wildman–Crippen LogP) is 1.36. The third-order valence-corrected chi connectivity index (χ3v) is 1.27. The Bertz CT molecular complexity index is 191. The van der Waals surface area contributed by atoms with Crippen molar-refractivity contribution in [1.29, 1.82) is 5.53 Å². The van der Waals surface area contributed by atoms with Gasteiger partial charge in [0.05, 0.1) is 11.4 Å². The standard InChI is InChI=1S/C6H13N5/c1-4(2)6(10-11-8)5(3)9-7/h4,8H,7H2,1-3H3/b9-5-,10-6-,11-8?. The maximum atomic E-state index is 6.54. The van der Waals surface area contributed by atoms with Crippen LogP contribution in [0.4, 0.5) is 0 Å². The Balaban J connectivity index is 4.61. The zero-order valence-electron chi connectivity index (χ0n) is 7.00. The van der Waals surface area contributed by atoms with Crippen molar-refractivity contribution in [3.05, 3.63) is 0 Å². The summed E-state index contributed by atoms with van der Waals surface area (Å²) < 4.78 is 0. The van der Waals surface area contributed by atoms with Gasteiger partial charge in [-0.2, -0.15) is 10.6 Å². The smallest absolute Gasteiger partial charge is 0.0902 e. The number of nitrogens with zero attached hydrogens (tertiary/aromatic N) is 3. The molecule has 0 aromatic carbocycles. The van der Waals surface area contributed by atoms with E-state index in [1.807, 2.05) is 13.8 Å². The Morgan fingerprint density at radius 1 is 1.45 bits per heavy atom. The van der Waals surface area contributed by atoms with E-state index >= 15 is 0 Å². The second kappa shape index (κ2) is 4.54. The first-order valence-electron chi connectivity index (χ1n) is 3.32. The molecular formula is C6H13N5. The molecule has 0 heterocycles. The fourth-order valence-corrected chi connectivity index (χ4v) is 0.726. The van der Waals surface area contributed by atoms with Crippen LogP contribution in [0.3, 0.4) is 0 Å². The van der Waals surface area contributed by atoms with Crippen LogP contribution in [0.15, 0.2) is 15.4 Å². The van der Waals surface area contributed by atoms with Gasteiger partial charge in [-0.05, 0) is 12.8 Å². The zero-order chi connectivity index (χ0) is 8.85. The van der Waals surface area contributed by atoms with Crippen molar-refractivity contribution in [3.8, 4) is 0 Å². The summed E-state index contributed by atoms with van der Waals surface area (Å²) in [6, 6.07) is 0. The van der Waals surface area contributed by atoms with Gasteiger partial charge in [0.15, 0.2) is 0 Å². The molecule has 5 heteroatoms. The van der Waals surface area contributed by atoms with E-state index in [4.69, 9.17) is 11.4 Å². The Hall–Kier alpha value is -1.26. The number of nitrogens with two attached hydrogens (primary N) is 1. The normalized spacial score (nSPS) is 13.8. The van der Waals surface area contributed by atoms with Crippen molar-refractivity contribution in [2.45, 2.75) is 20.8 Å². The van der Waals surface area contributed by atoms with Crippen LogP contribution < -0.4 is 5.84 Å². The van der Waals surface area contributed by atoms with E-state index in [1.165, 1.54) is 0 Å². The third kappa shape index (κ3) is 2.88. The monoisotopic (exact) mass is 155 g/mol. The van der Waals surface area contributed by atoms with Crippen LogP contribution in [-0.2, 0) is 0 Å². The van der Waals surface area contributed by atoms with Crippen molar-refractivity contribution in [2.24, 2.45) is 27.2 Å². The van der Waals surface area contributed by atoms with Crippen molar-refractivity contribution in [2.75, 3.05) is 0 Å². The molecule has 0 saturated heterocycles. The van der Waals surface area contributed by atoms with E-state index in [0.29, 0.717) is 11.4 Å². The second-order valence-electron chi connectivity index (χ2n) is 2.45. The summed E-state index contributed by atoms with van der Waals surface area (Å²) in [5.41, 5.74) is 7.81. The van der Waals surface area contributed by atoms with Crippen LogP contribution in [0.5, 0.6) is 0 Å². The van der Waals surface area contributed by atoms with Crippen LogP contribution in [-0.4, -0.2) is 11.4 Å². The molecule has 0 spiro atoms. The quantitative estimate of drug-likeness (QED) is 0.274. The fraction of sp³-hybridized carbons (Fsp3) is 0.667. The minimum Gasteiger partial charge on any atom is -0.323 e. The molecule has 0 aliphatic carbocycles. The van der Waals surface area contributed by atoms with Crippen molar-refractivity contribution < 1.29 is 0 Å². The van der Waals surface area contributed by atoms with E-state index in [0.717, 1.165) is 0 Å². The largest absolute Gasteiger partial charge is 0.323 e. The summed E-state index contributed by atoms with van der Waals surface area (Å²) in [6.45, 7) is 5.63. The molecule has 0 aromatic heterocycles. The lowest BCUT2D eigenvalue weighted by Gasteiger charge is -2.05. The summed E-state index contributed by atoms with van der Waals surface area (Å²) in [6.07, 6.45) is 0. The lowest BCUT2D eigenvalue weighted by molar-refractivity contribution is 0.868. The molecule has 0 rings (SSSR count). The van der Waals surface area contributed by atoms with Gasteiger partial charge in [-0.1, -0.05) is 19.1 Å². The maximum Gasteiger partial charge on any atom is 0.0902 e. The molecule has 11 heavy (non-hydrogen) atoms. The van der Waals surface area contributed by atoms with Gasteiger partial charge in [0.25, 0.3) is 0 Å². The molecule has 0 amide bonds. The van der Waals surface area contributed by atoms with Gasteiger partial charge in [0.2, 0.25) is 0 Å². The number of hydrogen-bond acceptors (Lipinski definition) is 4. The van der Waals surface area contributed by atoms with Gasteiger partial charge in [0.1, 0.15) is 0 Å². The highest BCUT2D eigenvalue weighted by atomic mass is 15.3. The molecule has 0 aromatic rings. The lowest BCUT2D eigenvalue weighted by Crippen LogP contribution is -2.18. The number of hydrazone groups is 1. The van der Waals surface area contributed by atoms with Gasteiger partial charge < -0.3 is 5.84 Å². The van der Waals surface area contributed by atoms with Crippen LogP contribution in [0.25, 0.3) is 0 Å². The van der Waals surface area contributed by atoms with Crippen LogP contribution in [0.2, 0.25) is 0 Å². The van der Waals surface area contributed by atoms with Crippen LogP contribution in [0.1, 0.15) is 20.8 Å². The Morgan fingerprint density at radius 3 is 2.27 bits per heavy atom. The highest BCUT2D eigenvalue weighted by Gasteiger charge is 2.08. The molecule has 5 nitrogen and oxygen atoms in total. The summed E-state index contributed by atoms with van der Waals surface area (Å²) in [5, 5.41) is 9.99. The van der Waals surface area contributed by atoms with Gasteiger partial charge in [0, 0.05) is 0 Å². The third-order valence-electron chi connectivity index (χ3n) is 1.27. The SMILES string of the molecule is CC(=N/N)/C(=N\N=N)C(C)C. The van der Waals surface area contributed by atoms with E-state index in [2.05, 4.69) is 15.4 Å². The van der Waals surface area contributed by atoms with Gasteiger partial charge in [-0.25, -0.2) is 0 Å². The van der Waals surface area contributed by atoms with Gasteiger partial charge >= 0.3 is 0 Å². The maximum absolute atomic E-state index is 6.54. The average molecular weight is 155 g/mol. The number of rotatable bonds is 3. The topological polar surface area (TPSA) is 86.9 Å². The van der Waals surface area contributed by atoms with E-state index in [-0.39, 0.29) is 5.92 Å². The van der Waals surface area contributed by atoms with Crippen molar-refractivity contribution >= 4 is 11.4 Å². The lowest BCUT2D eigenvalue weighted by atomic mass is 10.1. The molecule has 0 saturated carbocycles. The van der Waals surface area contributed by atoms with Crippen LogP contribution in [0, 0.1) is 11.4 Å². The minimum atomic E-state index is 0.191. The summed E-state index contributed by atoms with van der Waals surface area (Å²) in [5.74, 6) is 5.24. The fourth-order valence-electron chi connectivity index (χ4n) is 0.726. The van der Waals surface area contributed by atoms with E-state index in [1.54, 1.807) is 6.92 Å². The number of nitrogens with one attached hydrogen (secondary N) is 1. The number of hydrogen-bond donors (Lipinski definition) is 2. The van der Waals surface area contributed by atoms with Crippen molar-refractivity contribution in [3.63, 3.8) is 0 Å². The summed E-state index contributed by atoms with van der Waals surface area (Å²) in [7, 11) is 0. The van der Waals surface area contributed by atoms with E-state index in [9.17, 15) is 0 Å².